The van der Waals surface area contributed by atoms with Gasteiger partial charge in [-0.25, -0.2) is 0 Å². The molecule has 1 rings (SSSR count). The van der Waals surface area contributed by atoms with Crippen molar-refractivity contribution in [3.63, 3.8) is 0 Å². The zero-order valence-electron chi connectivity index (χ0n) is 10.6. The van der Waals surface area contributed by atoms with Crippen LogP contribution in [0.4, 0.5) is 0 Å². The van der Waals surface area contributed by atoms with Gasteiger partial charge < -0.3 is 10.4 Å². The fourth-order valence-corrected chi connectivity index (χ4v) is 2.72. The Morgan fingerprint density at radius 2 is 2.18 bits per heavy atom. The van der Waals surface area contributed by atoms with Crippen molar-refractivity contribution in [2.45, 2.75) is 39.5 Å². The molecular formula is C13H21NO2S. The van der Waals surface area contributed by atoms with Crippen LogP contribution in [0.15, 0.2) is 6.07 Å². The van der Waals surface area contributed by atoms with Crippen LogP contribution in [0.5, 0.6) is 0 Å². The standard InChI is InChI=1S/C13H21NO2S/c1-3-11-9-12(17-10(11)2)13(16)14-7-5-4-6-8-15/h9,15H,3-8H2,1-2H3,(H,14,16). The highest BCUT2D eigenvalue weighted by atomic mass is 32.1. The van der Waals surface area contributed by atoms with Gasteiger partial charge in [-0.15, -0.1) is 11.3 Å². The summed E-state index contributed by atoms with van der Waals surface area (Å²) in [7, 11) is 0. The molecule has 0 bridgehead atoms. The Morgan fingerprint density at radius 1 is 1.41 bits per heavy atom. The highest BCUT2D eigenvalue weighted by Gasteiger charge is 2.10. The summed E-state index contributed by atoms with van der Waals surface area (Å²) >= 11 is 1.56. The molecule has 0 aliphatic heterocycles. The SMILES string of the molecule is CCc1cc(C(=O)NCCCCCO)sc1C. The molecule has 0 saturated heterocycles. The Bertz CT molecular complexity index is 360. The average molecular weight is 255 g/mol. The summed E-state index contributed by atoms with van der Waals surface area (Å²) in [6, 6.07) is 1.99. The second kappa shape index (κ2) is 7.45. The first-order valence-corrected chi connectivity index (χ1v) is 6.99. The molecule has 4 heteroatoms. The lowest BCUT2D eigenvalue weighted by atomic mass is 10.2. The number of aliphatic hydroxyl groups excluding tert-OH is 1. The number of nitrogens with one attached hydrogen (secondary N) is 1. The van der Waals surface area contributed by atoms with Crippen LogP contribution in [0.2, 0.25) is 0 Å². The zero-order chi connectivity index (χ0) is 12.7. The molecule has 1 aromatic rings. The number of carbonyl (C=O) groups excluding carboxylic acids is 1. The maximum atomic E-state index is 11.8. The summed E-state index contributed by atoms with van der Waals surface area (Å²) < 4.78 is 0. The van der Waals surface area contributed by atoms with Crippen LogP contribution in [0.25, 0.3) is 0 Å². The van der Waals surface area contributed by atoms with Gasteiger partial charge in [0.25, 0.3) is 5.91 Å². The van der Waals surface area contributed by atoms with Crippen molar-refractivity contribution >= 4 is 17.2 Å². The largest absolute Gasteiger partial charge is 0.396 e. The topological polar surface area (TPSA) is 49.3 Å². The number of carbonyl (C=O) groups is 1. The number of thiophene rings is 1. The van der Waals surface area contributed by atoms with E-state index in [1.807, 2.05) is 6.07 Å². The van der Waals surface area contributed by atoms with Gasteiger partial charge in [-0.1, -0.05) is 6.92 Å². The molecule has 1 aromatic heterocycles. The minimum atomic E-state index is 0.0294. The normalized spacial score (nSPS) is 10.5. The van der Waals surface area contributed by atoms with Gasteiger partial charge in [0.05, 0.1) is 4.88 Å². The van der Waals surface area contributed by atoms with Crippen molar-refractivity contribution in [1.82, 2.24) is 5.32 Å². The second-order valence-corrected chi connectivity index (χ2v) is 5.34. The maximum Gasteiger partial charge on any atom is 0.261 e. The molecule has 0 atom stereocenters. The number of unbranched alkanes of at least 4 members (excludes halogenated alkanes) is 2. The minimum absolute atomic E-state index is 0.0294. The molecule has 0 radical (unpaired) electrons. The Morgan fingerprint density at radius 3 is 2.76 bits per heavy atom. The molecule has 2 N–H and O–H groups in total. The molecule has 1 amide bonds. The second-order valence-electron chi connectivity index (χ2n) is 4.09. The van der Waals surface area contributed by atoms with Gasteiger partial charge in [-0.05, 0) is 44.2 Å². The summed E-state index contributed by atoms with van der Waals surface area (Å²) in [5.41, 5.74) is 1.26. The summed E-state index contributed by atoms with van der Waals surface area (Å²) in [6.07, 6.45) is 3.68. The van der Waals surface area contributed by atoms with Crippen molar-refractivity contribution in [3.05, 3.63) is 21.4 Å². The molecular weight excluding hydrogens is 234 g/mol. The minimum Gasteiger partial charge on any atom is -0.396 e. The van der Waals surface area contributed by atoms with Gasteiger partial charge in [0.1, 0.15) is 0 Å². The molecule has 17 heavy (non-hydrogen) atoms. The third-order valence-corrected chi connectivity index (χ3v) is 3.84. The van der Waals surface area contributed by atoms with Crippen molar-refractivity contribution in [1.29, 1.82) is 0 Å². The third kappa shape index (κ3) is 4.48. The van der Waals surface area contributed by atoms with Crippen molar-refractivity contribution in [3.8, 4) is 0 Å². The van der Waals surface area contributed by atoms with Crippen LogP contribution in [0.1, 0.15) is 46.3 Å². The molecule has 0 aliphatic carbocycles. The molecule has 96 valence electrons. The van der Waals surface area contributed by atoms with E-state index in [4.69, 9.17) is 5.11 Å². The van der Waals surface area contributed by atoms with Crippen molar-refractivity contribution in [2.24, 2.45) is 0 Å². The van der Waals surface area contributed by atoms with E-state index in [0.717, 1.165) is 30.6 Å². The molecule has 0 aromatic carbocycles. The predicted molar refractivity (Wildman–Crippen MR) is 71.7 cm³/mol. The highest BCUT2D eigenvalue weighted by Crippen LogP contribution is 2.21. The van der Waals surface area contributed by atoms with Gasteiger partial charge in [0, 0.05) is 18.0 Å². The molecule has 3 nitrogen and oxygen atoms in total. The van der Waals surface area contributed by atoms with Gasteiger partial charge in [-0.2, -0.15) is 0 Å². The predicted octanol–water partition coefficient (Wildman–Crippen LogP) is 2.51. The van der Waals surface area contributed by atoms with Crippen LogP contribution in [-0.4, -0.2) is 24.2 Å². The van der Waals surface area contributed by atoms with E-state index in [0.29, 0.717) is 6.54 Å². The smallest absolute Gasteiger partial charge is 0.261 e. The van der Waals surface area contributed by atoms with E-state index in [-0.39, 0.29) is 12.5 Å². The Kier molecular flexibility index (Phi) is 6.22. The lowest BCUT2D eigenvalue weighted by molar-refractivity contribution is 0.0957. The van der Waals surface area contributed by atoms with Gasteiger partial charge in [0.15, 0.2) is 0 Å². The average Bonchev–Trinajstić information content (AvgIpc) is 2.70. The van der Waals surface area contributed by atoms with Crippen LogP contribution < -0.4 is 5.32 Å². The summed E-state index contributed by atoms with van der Waals surface area (Å²) in [4.78, 5) is 13.8. The van der Waals surface area contributed by atoms with Crippen molar-refractivity contribution < 1.29 is 9.90 Å². The first kappa shape index (κ1) is 14.2. The number of aliphatic hydroxyl groups is 1. The maximum absolute atomic E-state index is 11.8. The monoisotopic (exact) mass is 255 g/mol. The lowest BCUT2D eigenvalue weighted by Gasteiger charge is -2.02. The quantitative estimate of drug-likeness (QED) is 0.736. The van der Waals surface area contributed by atoms with Crippen LogP contribution in [0, 0.1) is 6.92 Å². The number of aryl methyl sites for hydroxylation is 2. The molecule has 0 saturated carbocycles. The Labute approximate surface area is 107 Å². The first-order valence-electron chi connectivity index (χ1n) is 6.17. The first-order chi connectivity index (χ1) is 8.19. The summed E-state index contributed by atoms with van der Waals surface area (Å²) in [5, 5.41) is 11.5. The number of hydrogen-bond acceptors (Lipinski definition) is 3. The number of hydrogen-bond donors (Lipinski definition) is 2. The van der Waals surface area contributed by atoms with E-state index >= 15 is 0 Å². The molecule has 0 spiro atoms. The summed E-state index contributed by atoms with van der Waals surface area (Å²) in [5.74, 6) is 0.0294. The number of amides is 1. The molecule has 0 unspecified atom stereocenters. The van der Waals surface area contributed by atoms with E-state index in [9.17, 15) is 4.79 Å². The fraction of sp³-hybridized carbons (Fsp3) is 0.615. The zero-order valence-corrected chi connectivity index (χ0v) is 11.4. The Hall–Kier alpha value is -0.870. The highest BCUT2D eigenvalue weighted by molar-refractivity contribution is 7.14. The van der Waals surface area contributed by atoms with E-state index < -0.39 is 0 Å². The fourth-order valence-electron chi connectivity index (χ4n) is 1.69. The van der Waals surface area contributed by atoms with E-state index in [1.54, 1.807) is 11.3 Å². The molecule has 1 heterocycles. The van der Waals surface area contributed by atoms with Crippen molar-refractivity contribution in [2.75, 3.05) is 13.2 Å². The molecule has 0 aliphatic rings. The van der Waals surface area contributed by atoms with Crippen LogP contribution in [-0.2, 0) is 6.42 Å². The molecule has 0 fully saturated rings. The Balaban J connectivity index is 2.36. The van der Waals surface area contributed by atoms with Gasteiger partial charge in [-0.3, -0.25) is 4.79 Å². The van der Waals surface area contributed by atoms with Crippen LogP contribution >= 0.6 is 11.3 Å². The van der Waals surface area contributed by atoms with E-state index in [2.05, 4.69) is 19.2 Å². The lowest BCUT2D eigenvalue weighted by Crippen LogP contribution is -2.23. The number of rotatable bonds is 7. The van der Waals surface area contributed by atoms with Gasteiger partial charge >= 0.3 is 0 Å². The third-order valence-electron chi connectivity index (χ3n) is 2.75. The van der Waals surface area contributed by atoms with E-state index in [1.165, 1.54) is 10.4 Å². The van der Waals surface area contributed by atoms with Gasteiger partial charge in [0.2, 0.25) is 0 Å². The van der Waals surface area contributed by atoms with Crippen LogP contribution in [0.3, 0.4) is 0 Å². The summed E-state index contributed by atoms with van der Waals surface area (Å²) in [6.45, 7) is 5.09.